The molecule has 0 aliphatic heterocycles. The van der Waals surface area contributed by atoms with Gasteiger partial charge in [-0.15, -0.1) is 11.3 Å². The molecular formula is C14H16N2S. The smallest absolute Gasteiger partial charge is 0.113 e. The fourth-order valence-corrected chi connectivity index (χ4v) is 3.57. The van der Waals surface area contributed by atoms with E-state index in [0.717, 1.165) is 19.3 Å². The van der Waals surface area contributed by atoms with Crippen molar-refractivity contribution < 1.29 is 0 Å². The molecule has 0 amide bonds. The number of hydrogen-bond donors (Lipinski definition) is 1. The van der Waals surface area contributed by atoms with E-state index in [2.05, 4.69) is 47.0 Å². The lowest BCUT2D eigenvalue weighted by Crippen LogP contribution is -2.44. The molecule has 88 valence electrons. The van der Waals surface area contributed by atoms with E-state index in [1.54, 1.807) is 11.3 Å². The largest absolute Gasteiger partial charge is 0.308 e. The highest BCUT2D eigenvalue weighted by Crippen LogP contribution is 2.36. The van der Waals surface area contributed by atoms with Gasteiger partial charge in [-0.05, 0) is 37.4 Å². The van der Waals surface area contributed by atoms with Crippen molar-refractivity contribution in [3.8, 4) is 0 Å². The quantitative estimate of drug-likeness (QED) is 0.878. The summed E-state index contributed by atoms with van der Waals surface area (Å²) in [4.78, 5) is 4.51. The first-order valence-corrected chi connectivity index (χ1v) is 6.88. The Kier molecular flexibility index (Phi) is 2.73. The lowest BCUT2D eigenvalue weighted by Gasteiger charge is -2.36. The molecule has 17 heavy (non-hydrogen) atoms. The summed E-state index contributed by atoms with van der Waals surface area (Å²) in [6, 6.07) is 8.76. The monoisotopic (exact) mass is 244 g/mol. The van der Waals surface area contributed by atoms with Gasteiger partial charge in [0.25, 0.3) is 0 Å². The maximum atomic E-state index is 4.51. The van der Waals surface area contributed by atoms with Crippen molar-refractivity contribution in [2.24, 2.45) is 0 Å². The molecule has 0 bridgehead atoms. The number of benzene rings is 1. The van der Waals surface area contributed by atoms with Crippen molar-refractivity contribution >= 4 is 11.3 Å². The summed E-state index contributed by atoms with van der Waals surface area (Å²) in [5, 5.41) is 6.79. The van der Waals surface area contributed by atoms with Gasteiger partial charge in [-0.1, -0.05) is 24.3 Å². The van der Waals surface area contributed by atoms with Crippen LogP contribution in [0.25, 0.3) is 0 Å². The Hall–Kier alpha value is -1.19. The average molecular weight is 244 g/mol. The van der Waals surface area contributed by atoms with Crippen molar-refractivity contribution in [3.63, 3.8) is 0 Å². The molecule has 1 aromatic heterocycles. The van der Waals surface area contributed by atoms with Crippen LogP contribution in [0.3, 0.4) is 0 Å². The van der Waals surface area contributed by atoms with Gasteiger partial charge in [0.05, 0.1) is 5.54 Å². The minimum atomic E-state index is 0.0442. The summed E-state index contributed by atoms with van der Waals surface area (Å²) in [5.74, 6) is 0. The summed E-state index contributed by atoms with van der Waals surface area (Å²) >= 11 is 1.75. The molecule has 3 heteroatoms. The van der Waals surface area contributed by atoms with Crippen LogP contribution in [-0.2, 0) is 18.4 Å². The lowest BCUT2D eigenvalue weighted by atomic mass is 9.78. The third-order valence-electron chi connectivity index (χ3n) is 3.75. The number of rotatable bonds is 2. The number of likely N-dealkylation sites (N-methyl/N-ethyl adjacent to an activating group) is 1. The van der Waals surface area contributed by atoms with Gasteiger partial charge in [0.1, 0.15) is 5.01 Å². The fourth-order valence-electron chi connectivity index (χ4n) is 2.70. The van der Waals surface area contributed by atoms with Crippen molar-refractivity contribution in [2.45, 2.75) is 24.8 Å². The summed E-state index contributed by atoms with van der Waals surface area (Å²) < 4.78 is 0. The Morgan fingerprint density at radius 2 is 2.12 bits per heavy atom. The second-order valence-electron chi connectivity index (χ2n) is 4.61. The van der Waals surface area contributed by atoms with E-state index in [4.69, 9.17) is 0 Å². The first-order chi connectivity index (χ1) is 8.34. The number of aryl methyl sites for hydroxylation is 1. The molecule has 0 spiro atoms. The minimum Gasteiger partial charge on any atom is -0.308 e. The van der Waals surface area contributed by atoms with Gasteiger partial charge in [0, 0.05) is 11.6 Å². The molecular weight excluding hydrogens is 228 g/mol. The number of thiazole rings is 1. The van der Waals surface area contributed by atoms with Gasteiger partial charge in [-0.2, -0.15) is 0 Å². The Morgan fingerprint density at radius 3 is 2.82 bits per heavy atom. The second-order valence-corrected chi connectivity index (χ2v) is 5.51. The fraction of sp³-hybridized carbons (Fsp3) is 0.357. The molecule has 0 radical (unpaired) electrons. The van der Waals surface area contributed by atoms with Crippen LogP contribution >= 0.6 is 11.3 Å². The number of hydrogen-bond acceptors (Lipinski definition) is 3. The van der Waals surface area contributed by atoms with Crippen LogP contribution in [0.1, 0.15) is 22.6 Å². The topological polar surface area (TPSA) is 24.9 Å². The van der Waals surface area contributed by atoms with Gasteiger partial charge < -0.3 is 5.32 Å². The highest BCUT2D eigenvalue weighted by atomic mass is 32.1. The van der Waals surface area contributed by atoms with E-state index in [9.17, 15) is 0 Å². The van der Waals surface area contributed by atoms with E-state index in [-0.39, 0.29) is 5.54 Å². The zero-order chi connectivity index (χ0) is 11.7. The number of nitrogens with zero attached hydrogens (tertiary/aromatic N) is 1. The Balaban J connectivity index is 2.01. The lowest BCUT2D eigenvalue weighted by molar-refractivity contribution is 0.313. The molecule has 1 heterocycles. The molecule has 1 aliphatic rings. The van der Waals surface area contributed by atoms with Crippen LogP contribution < -0.4 is 5.32 Å². The number of aromatic nitrogens is 1. The van der Waals surface area contributed by atoms with Crippen LogP contribution in [-0.4, -0.2) is 12.0 Å². The van der Waals surface area contributed by atoms with E-state index < -0.39 is 0 Å². The second kappa shape index (κ2) is 4.24. The van der Waals surface area contributed by atoms with Crippen LogP contribution in [0.5, 0.6) is 0 Å². The maximum Gasteiger partial charge on any atom is 0.113 e. The minimum absolute atomic E-state index is 0.0442. The standard InChI is InChI=1S/C14H16N2S/c1-15-14(13-16-8-9-17-13)7-6-11-4-2-3-5-12(11)10-14/h2-5,8-9,15H,6-7,10H2,1H3. The van der Waals surface area contributed by atoms with E-state index >= 15 is 0 Å². The SMILES string of the molecule is CNC1(c2nccs2)CCc2ccccc2C1. The van der Waals surface area contributed by atoms with Crippen LogP contribution in [0.15, 0.2) is 35.8 Å². The van der Waals surface area contributed by atoms with Gasteiger partial charge in [-0.3, -0.25) is 0 Å². The molecule has 3 rings (SSSR count). The predicted molar refractivity (Wildman–Crippen MR) is 71.3 cm³/mol. The maximum absolute atomic E-state index is 4.51. The first kappa shape index (κ1) is 10.9. The molecule has 1 atom stereocenters. The van der Waals surface area contributed by atoms with Gasteiger partial charge in [0.15, 0.2) is 0 Å². The highest BCUT2D eigenvalue weighted by Gasteiger charge is 2.36. The molecule has 2 aromatic rings. The van der Waals surface area contributed by atoms with E-state index in [1.807, 2.05) is 6.20 Å². The van der Waals surface area contributed by atoms with E-state index in [0.29, 0.717) is 0 Å². The first-order valence-electron chi connectivity index (χ1n) is 6.00. The van der Waals surface area contributed by atoms with Gasteiger partial charge in [-0.25, -0.2) is 4.98 Å². The summed E-state index contributed by atoms with van der Waals surface area (Å²) in [6.07, 6.45) is 5.22. The van der Waals surface area contributed by atoms with Gasteiger partial charge in [0.2, 0.25) is 0 Å². The zero-order valence-corrected chi connectivity index (χ0v) is 10.8. The number of nitrogens with one attached hydrogen (secondary N) is 1. The molecule has 1 N–H and O–H groups in total. The third-order valence-corrected chi connectivity index (χ3v) is 4.73. The molecule has 1 unspecified atom stereocenters. The average Bonchev–Trinajstić information content (AvgIpc) is 2.92. The summed E-state index contributed by atoms with van der Waals surface area (Å²) in [5.41, 5.74) is 3.00. The molecule has 0 fully saturated rings. The molecule has 0 saturated heterocycles. The zero-order valence-electron chi connectivity index (χ0n) is 9.94. The Labute approximate surface area is 106 Å². The van der Waals surface area contributed by atoms with Gasteiger partial charge >= 0.3 is 0 Å². The molecule has 1 aliphatic carbocycles. The third kappa shape index (κ3) is 1.79. The Bertz CT molecular complexity index is 507. The van der Waals surface area contributed by atoms with Crippen LogP contribution in [0, 0.1) is 0 Å². The highest BCUT2D eigenvalue weighted by molar-refractivity contribution is 7.09. The summed E-state index contributed by atoms with van der Waals surface area (Å²) in [6.45, 7) is 0. The van der Waals surface area contributed by atoms with Crippen molar-refractivity contribution in [1.29, 1.82) is 0 Å². The molecule has 2 nitrogen and oxygen atoms in total. The molecule has 0 saturated carbocycles. The van der Waals surface area contributed by atoms with Crippen LogP contribution in [0.4, 0.5) is 0 Å². The van der Waals surface area contributed by atoms with Crippen molar-refractivity contribution in [3.05, 3.63) is 52.0 Å². The van der Waals surface area contributed by atoms with Crippen molar-refractivity contribution in [2.75, 3.05) is 7.05 Å². The summed E-state index contributed by atoms with van der Waals surface area (Å²) in [7, 11) is 2.05. The van der Waals surface area contributed by atoms with Crippen LogP contribution in [0.2, 0.25) is 0 Å². The predicted octanol–water partition coefficient (Wildman–Crippen LogP) is 2.75. The van der Waals surface area contributed by atoms with E-state index in [1.165, 1.54) is 16.1 Å². The Morgan fingerprint density at radius 1 is 1.29 bits per heavy atom. The normalized spacial score (nSPS) is 23.4. The molecule has 1 aromatic carbocycles. The number of fused-ring (bicyclic) bond motifs is 1. The van der Waals surface area contributed by atoms with Crippen molar-refractivity contribution in [1.82, 2.24) is 10.3 Å².